The number of hydrogen-bond acceptors (Lipinski definition) is 3. The molecule has 0 saturated heterocycles. The zero-order valence-electron chi connectivity index (χ0n) is 12.0. The van der Waals surface area contributed by atoms with E-state index >= 15 is 0 Å². The lowest BCUT2D eigenvalue weighted by molar-refractivity contribution is -0.117. The summed E-state index contributed by atoms with van der Waals surface area (Å²) in [5.41, 5.74) is 7.09. The van der Waals surface area contributed by atoms with Crippen molar-refractivity contribution in [3.8, 4) is 0 Å². The summed E-state index contributed by atoms with van der Waals surface area (Å²) in [6.45, 7) is 3.54. The highest BCUT2D eigenvalue weighted by atomic mass is 32.2. The van der Waals surface area contributed by atoms with Gasteiger partial charge in [-0.25, -0.2) is 0 Å². The maximum Gasteiger partial charge on any atom is 0.241 e. The molecule has 0 heterocycles. The van der Waals surface area contributed by atoms with Gasteiger partial charge in [-0.05, 0) is 32.0 Å². The van der Waals surface area contributed by atoms with Crippen LogP contribution in [0.4, 0.5) is 5.69 Å². The van der Waals surface area contributed by atoms with E-state index in [0.29, 0.717) is 10.6 Å². The van der Waals surface area contributed by atoms with Gasteiger partial charge in [0.05, 0.1) is 6.04 Å². The molecule has 3 N–H and O–H groups in total. The van der Waals surface area contributed by atoms with Gasteiger partial charge in [0.25, 0.3) is 0 Å². The zero-order chi connectivity index (χ0) is 15.4. The summed E-state index contributed by atoms with van der Waals surface area (Å²) in [5, 5.41) is 2.70. The van der Waals surface area contributed by atoms with Gasteiger partial charge in [-0.3, -0.25) is 4.79 Å². The molecule has 0 fully saturated rings. The molecule has 5 heteroatoms. The molecule has 0 saturated carbocycles. The van der Waals surface area contributed by atoms with E-state index in [1.807, 2.05) is 31.2 Å². The minimum Gasteiger partial charge on any atom is -0.606 e. The Morgan fingerprint density at radius 2 is 1.95 bits per heavy atom. The van der Waals surface area contributed by atoms with Crippen LogP contribution in [0.3, 0.4) is 0 Å². The van der Waals surface area contributed by atoms with Crippen molar-refractivity contribution in [3.63, 3.8) is 0 Å². The summed E-state index contributed by atoms with van der Waals surface area (Å²) in [6, 6.07) is 14.0. The molecule has 0 radical (unpaired) electrons. The predicted molar refractivity (Wildman–Crippen MR) is 84.6 cm³/mol. The predicted octanol–water partition coefficient (Wildman–Crippen LogP) is 2.45. The first-order valence-corrected chi connectivity index (χ1v) is 7.78. The number of rotatable bonds is 4. The second kappa shape index (κ2) is 6.76. The van der Waals surface area contributed by atoms with Crippen molar-refractivity contribution in [1.29, 1.82) is 0 Å². The zero-order valence-corrected chi connectivity index (χ0v) is 12.8. The third-order valence-corrected chi connectivity index (χ3v) is 4.56. The van der Waals surface area contributed by atoms with E-state index in [2.05, 4.69) is 5.32 Å². The van der Waals surface area contributed by atoms with E-state index in [1.54, 1.807) is 31.2 Å². The fraction of sp³-hybridized carbons (Fsp3) is 0.188. The molecule has 2 aromatic carbocycles. The Kier molecular flexibility index (Phi) is 5.01. The molecule has 0 aromatic heterocycles. The number of nitrogens with two attached hydrogens (primary N) is 1. The summed E-state index contributed by atoms with van der Waals surface area (Å²) >= 11 is -1.28. The summed E-state index contributed by atoms with van der Waals surface area (Å²) in [6.07, 6.45) is 0. The van der Waals surface area contributed by atoms with Crippen molar-refractivity contribution in [3.05, 3.63) is 54.1 Å². The van der Waals surface area contributed by atoms with Gasteiger partial charge in [0, 0.05) is 28.5 Å². The van der Waals surface area contributed by atoms with Gasteiger partial charge in [-0.1, -0.05) is 24.3 Å². The van der Waals surface area contributed by atoms with Crippen LogP contribution in [0.15, 0.2) is 58.3 Å². The Balaban J connectivity index is 2.25. The Morgan fingerprint density at radius 1 is 1.24 bits per heavy atom. The molecule has 2 unspecified atom stereocenters. The van der Waals surface area contributed by atoms with E-state index in [-0.39, 0.29) is 5.91 Å². The molecule has 2 atom stereocenters. The van der Waals surface area contributed by atoms with Gasteiger partial charge in [-0.2, -0.15) is 0 Å². The van der Waals surface area contributed by atoms with E-state index in [4.69, 9.17) is 5.73 Å². The first-order chi connectivity index (χ1) is 9.99. The van der Waals surface area contributed by atoms with Crippen molar-refractivity contribution >= 4 is 22.8 Å². The van der Waals surface area contributed by atoms with Crippen LogP contribution in [-0.2, 0) is 16.0 Å². The monoisotopic (exact) mass is 302 g/mol. The number of amides is 1. The molecule has 0 aliphatic heterocycles. The van der Waals surface area contributed by atoms with Crippen LogP contribution in [0, 0.1) is 6.92 Å². The summed E-state index contributed by atoms with van der Waals surface area (Å²) in [7, 11) is 0. The average molecular weight is 302 g/mol. The average Bonchev–Trinajstić information content (AvgIpc) is 2.47. The van der Waals surface area contributed by atoms with Crippen LogP contribution in [0.2, 0.25) is 0 Å². The molecule has 21 heavy (non-hydrogen) atoms. The van der Waals surface area contributed by atoms with Crippen molar-refractivity contribution in [2.24, 2.45) is 5.73 Å². The van der Waals surface area contributed by atoms with Gasteiger partial charge in [0.2, 0.25) is 5.91 Å². The molecule has 0 spiro atoms. The summed E-state index contributed by atoms with van der Waals surface area (Å²) < 4.78 is 12.6. The molecule has 4 nitrogen and oxygen atoms in total. The lowest BCUT2D eigenvalue weighted by Gasteiger charge is -2.13. The quantitative estimate of drug-likeness (QED) is 0.852. The second-order valence-electron chi connectivity index (χ2n) is 4.84. The summed E-state index contributed by atoms with van der Waals surface area (Å²) in [5.74, 6) is -0.270. The largest absolute Gasteiger partial charge is 0.606 e. The Bertz CT molecular complexity index is 644. The molecule has 2 aromatic rings. The van der Waals surface area contributed by atoms with Gasteiger partial charge < -0.3 is 15.6 Å². The normalized spacial score (nSPS) is 13.5. The molecule has 1 amide bonds. The molecule has 110 valence electrons. The second-order valence-corrected chi connectivity index (χ2v) is 6.29. The van der Waals surface area contributed by atoms with Gasteiger partial charge in [-0.15, -0.1) is 0 Å². The van der Waals surface area contributed by atoms with Crippen molar-refractivity contribution < 1.29 is 9.35 Å². The van der Waals surface area contributed by atoms with Crippen LogP contribution < -0.4 is 11.1 Å². The topological polar surface area (TPSA) is 78.2 Å². The number of anilines is 1. The van der Waals surface area contributed by atoms with Crippen LogP contribution >= 0.6 is 0 Å². The SMILES string of the molecule is Cc1ccccc1[S+]([O-])c1cccc(NC(=O)C(C)N)c1. The first kappa shape index (κ1) is 15.6. The lowest BCUT2D eigenvalue weighted by Crippen LogP contribution is -2.32. The van der Waals surface area contributed by atoms with Gasteiger partial charge in [0.1, 0.15) is 0 Å². The van der Waals surface area contributed by atoms with Gasteiger partial charge in [0.15, 0.2) is 9.79 Å². The summed E-state index contributed by atoms with van der Waals surface area (Å²) in [4.78, 5) is 13.0. The number of carbonyl (C=O) groups is 1. The van der Waals surface area contributed by atoms with E-state index in [0.717, 1.165) is 10.5 Å². The highest BCUT2D eigenvalue weighted by Crippen LogP contribution is 2.25. The fourth-order valence-electron chi connectivity index (χ4n) is 1.84. The molecule has 0 aliphatic rings. The molecule has 2 rings (SSSR count). The third kappa shape index (κ3) is 3.85. The Labute approximate surface area is 127 Å². The minimum atomic E-state index is -1.28. The van der Waals surface area contributed by atoms with Crippen molar-refractivity contribution in [1.82, 2.24) is 0 Å². The third-order valence-electron chi connectivity index (χ3n) is 3.02. The number of carbonyl (C=O) groups excluding carboxylic acids is 1. The van der Waals surface area contributed by atoms with Crippen LogP contribution in [0.25, 0.3) is 0 Å². The first-order valence-electron chi connectivity index (χ1n) is 6.63. The van der Waals surface area contributed by atoms with Crippen LogP contribution in [0.5, 0.6) is 0 Å². The fourth-order valence-corrected chi connectivity index (χ4v) is 3.09. The van der Waals surface area contributed by atoms with Crippen LogP contribution in [-0.4, -0.2) is 16.5 Å². The van der Waals surface area contributed by atoms with E-state index in [9.17, 15) is 9.35 Å². The van der Waals surface area contributed by atoms with E-state index < -0.39 is 17.2 Å². The smallest absolute Gasteiger partial charge is 0.241 e. The highest BCUT2D eigenvalue weighted by Gasteiger charge is 2.18. The lowest BCUT2D eigenvalue weighted by atomic mass is 10.2. The molecular weight excluding hydrogens is 284 g/mol. The molecule has 0 aliphatic carbocycles. The van der Waals surface area contributed by atoms with Crippen LogP contribution in [0.1, 0.15) is 12.5 Å². The Hall–Kier alpha value is -1.82. The molecule has 0 bridgehead atoms. The molecular formula is C16H18N2O2S. The van der Waals surface area contributed by atoms with Gasteiger partial charge >= 0.3 is 0 Å². The van der Waals surface area contributed by atoms with E-state index in [1.165, 1.54) is 0 Å². The highest BCUT2D eigenvalue weighted by molar-refractivity contribution is 7.91. The maximum absolute atomic E-state index is 12.6. The standard InChI is InChI=1S/C16H18N2O2S/c1-11-6-3-4-9-15(11)21(20)14-8-5-7-13(10-14)18-16(19)12(2)17/h3-10,12H,17H2,1-2H3,(H,18,19). The van der Waals surface area contributed by atoms with Crippen molar-refractivity contribution in [2.45, 2.75) is 29.7 Å². The van der Waals surface area contributed by atoms with Crippen molar-refractivity contribution in [2.75, 3.05) is 5.32 Å². The number of aryl methyl sites for hydroxylation is 1. The number of hydrogen-bond donors (Lipinski definition) is 2. The minimum absolute atomic E-state index is 0.270. The number of nitrogens with one attached hydrogen (secondary N) is 1. The number of benzene rings is 2. The maximum atomic E-state index is 12.6. The Morgan fingerprint density at radius 3 is 2.62 bits per heavy atom.